The first-order valence-corrected chi connectivity index (χ1v) is 7.61. The molecule has 23 heavy (non-hydrogen) atoms. The molecule has 1 N–H and O–H groups in total. The summed E-state index contributed by atoms with van der Waals surface area (Å²) in [7, 11) is 0. The maximum atomic E-state index is 13.2. The molecule has 1 fully saturated rings. The van der Waals surface area contributed by atoms with Gasteiger partial charge in [-0.15, -0.1) is 12.4 Å². The summed E-state index contributed by atoms with van der Waals surface area (Å²) in [5, 5.41) is 3.34. The highest BCUT2D eigenvalue weighted by molar-refractivity contribution is 5.85. The fourth-order valence-corrected chi connectivity index (χ4v) is 2.90. The highest BCUT2D eigenvalue weighted by Gasteiger charge is 2.26. The van der Waals surface area contributed by atoms with Gasteiger partial charge in [-0.2, -0.15) is 0 Å². The van der Waals surface area contributed by atoms with Crippen LogP contribution in [0.2, 0.25) is 0 Å². The van der Waals surface area contributed by atoms with E-state index in [-0.39, 0.29) is 30.1 Å². The van der Waals surface area contributed by atoms with Crippen LogP contribution in [0.1, 0.15) is 24.5 Å². The lowest BCUT2D eigenvalue weighted by atomic mass is 9.88. The average Bonchev–Trinajstić information content (AvgIpc) is 2.56. The van der Waals surface area contributed by atoms with Crippen molar-refractivity contribution in [2.45, 2.75) is 18.9 Å². The molecule has 0 radical (unpaired) electrons. The van der Waals surface area contributed by atoms with Crippen LogP contribution < -0.4 is 10.1 Å². The Morgan fingerprint density at radius 1 is 0.870 bits per heavy atom. The molecule has 1 heterocycles. The van der Waals surface area contributed by atoms with Crippen molar-refractivity contribution in [3.63, 3.8) is 0 Å². The highest BCUT2D eigenvalue weighted by Crippen LogP contribution is 2.33. The van der Waals surface area contributed by atoms with Gasteiger partial charge in [-0.25, -0.2) is 8.78 Å². The largest absolute Gasteiger partial charge is 0.485 e. The van der Waals surface area contributed by atoms with Crippen LogP contribution in [0, 0.1) is 17.6 Å². The number of halogens is 3. The van der Waals surface area contributed by atoms with Gasteiger partial charge in [0.25, 0.3) is 0 Å². The normalized spacial score (nSPS) is 16.4. The predicted octanol–water partition coefficient (Wildman–Crippen LogP) is 4.51. The topological polar surface area (TPSA) is 21.3 Å². The van der Waals surface area contributed by atoms with Crippen LogP contribution in [0.4, 0.5) is 8.78 Å². The molecule has 0 aromatic heterocycles. The van der Waals surface area contributed by atoms with E-state index in [0.29, 0.717) is 11.7 Å². The van der Waals surface area contributed by atoms with E-state index in [1.54, 1.807) is 24.3 Å². The second kappa shape index (κ2) is 8.27. The molecule has 1 aliphatic heterocycles. The number of piperidine rings is 1. The van der Waals surface area contributed by atoms with Gasteiger partial charge >= 0.3 is 0 Å². The molecule has 2 aromatic carbocycles. The third-order valence-corrected chi connectivity index (χ3v) is 4.09. The summed E-state index contributed by atoms with van der Waals surface area (Å²) in [5.41, 5.74) is 0.956. The van der Waals surface area contributed by atoms with Gasteiger partial charge in [-0.05, 0) is 67.9 Å². The van der Waals surface area contributed by atoms with Gasteiger partial charge in [0.05, 0.1) is 0 Å². The fourth-order valence-electron chi connectivity index (χ4n) is 2.90. The monoisotopic (exact) mass is 339 g/mol. The van der Waals surface area contributed by atoms with Crippen LogP contribution in [0.5, 0.6) is 5.75 Å². The van der Waals surface area contributed by atoms with Crippen molar-refractivity contribution >= 4 is 12.4 Å². The van der Waals surface area contributed by atoms with E-state index in [9.17, 15) is 8.78 Å². The van der Waals surface area contributed by atoms with E-state index in [1.807, 2.05) is 0 Å². The lowest BCUT2D eigenvalue weighted by molar-refractivity contribution is 0.112. The molecule has 0 saturated carbocycles. The summed E-state index contributed by atoms with van der Waals surface area (Å²) in [6, 6.07) is 12.5. The maximum Gasteiger partial charge on any atom is 0.127 e. The number of hydrogen-bond acceptors (Lipinski definition) is 2. The average molecular weight is 340 g/mol. The molecule has 0 spiro atoms. The standard InChI is InChI=1S/C18H19F2NO.ClH/c19-15-3-1-13(2-4-15)18(14-9-11-21-12-10-14)22-17-7-5-16(20)6-8-17;/h1-8,14,18,21H,9-12H2;1H. The van der Waals surface area contributed by atoms with E-state index < -0.39 is 0 Å². The van der Waals surface area contributed by atoms with Crippen molar-refractivity contribution < 1.29 is 13.5 Å². The van der Waals surface area contributed by atoms with Gasteiger partial charge in [0.2, 0.25) is 0 Å². The summed E-state index contributed by atoms with van der Waals surface area (Å²) in [6.07, 6.45) is 1.86. The molecular formula is C18H20ClF2NO. The summed E-state index contributed by atoms with van der Waals surface area (Å²) in [4.78, 5) is 0. The Morgan fingerprint density at radius 3 is 1.96 bits per heavy atom. The van der Waals surface area contributed by atoms with Gasteiger partial charge in [-0.1, -0.05) is 12.1 Å². The number of nitrogens with one attached hydrogen (secondary N) is 1. The smallest absolute Gasteiger partial charge is 0.127 e. The van der Waals surface area contributed by atoms with Crippen LogP contribution in [-0.4, -0.2) is 13.1 Å². The van der Waals surface area contributed by atoms with Crippen molar-refractivity contribution in [2.75, 3.05) is 13.1 Å². The molecule has 0 aliphatic carbocycles. The van der Waals surface area contributed by atoms with Gasteiger partial charge < -0.3 is 10.1 Å². The molecule has 1 unspecified atom stereocenters. The number of ether oxygens (including phenoxy) is 1. The lowest BCUT2D eigenvalue weighted by Crippen LogP contribution is -2.32. The van der Waals surface area contributed by atoms with Crippen LogP contribution in [-0.2, 0) is 0 Å². The van der Waals surface area contributed by atoms with E-state index in [2.05, 4.69) is 5.32 Å². The zero-order chi connectivity index (χ0) is 15.4. The first kappa shape index (κ1) is 17.7. The first-order chi connectivity index (χ1) is 10.7. The van der Waals surface area contributed by atoms with Crippen LogP contribution >= 0.6 is 12.4 Å². The quantitative estimate of drug-likeness (QED) is 0.885. The zero-order valence-corrected chi connectivity index (χ0v) is 13.5. The summed E-state index contributed by atoms with van der Waals surface area (Å²) in [5.74, 6) is 0.452. The molecule has 3 rings (SSSR count). The second-order valence-corrected chi connectivity index (χ2v) is 5.63. The minimum atomic E-state index is -0.285. The summed E-state index contributed by atoms with van der Waals surface area (Å²) < 4.78 is 32.3. The first-order valence-electron chi connectivity index (χ1n) is 7.61. The van der Waals surface area contributed by atoms with Gasteiger partial charge in [0.15, 0.2) is 0 Å². The summed E-state index contributed by atoms with van der Waals surface area (Å²) in [6.45, 7) is 1.91. The molecule has 124 valence electrons. The minimum absolute atomic E-state index is 0. The van der Waals surface area contributed by atoms with Gasteiger partial charge in [0.1, 0.15) is 23.5 Å². The van der Waals surface area contributed by atoms with Crippen molar-refractivity contribution in [1.29, 1.82) is 0 Å². The lowest BCUT2D eigenvalue weighted by Gasteiger charge is -2.31. The Bertz CT molecular complexity index is 597. The second-order valence-electron chi connectivity index (χ2n) is 5.63. The molecule has 1 saturated heterocycles. The van der Waals surface area contributed by atoms with Crippen molar-refractivity contribution in [3.05, 3.63) is 65.7 Å². The molecule has 1 aliphatic rings. The highest BCUT2D eigenvalue weighted by atomic mass is 35.5. The summed E-state index contributed by atoms with van der Waals surface area (Å²) >= 11 is 0. The van der Waals surface area contributed by atoms with Crippen molar-refractivity contribution in [2.24, 2.45) is 5.92 Å². The molecule has 0 amide bonds. The predicted molar refractivity (Wildman–Crippen MR) is 89.0 cm³/mol. The Labute approximate surface area is 141 Å². The Hall–Kier alpha value is -1.65. The van der Waals surface area contributed by atoms with Crippen LogP contribution in [0.25, 0.3) is 0 Å². The maximum absolute atomic E-state index is 13.2. The molecule has 2 aromatic rings. The SMILES string of the molecule is Cl.Fc1ccc(OC(c2ccc(F)cc2)C2CCNCC2)cc1. The van der Waals surface area contributed by atoms with Gasteiger partial charge in [0, 0.05) is 5.92 Å². The number of rotatable bonds is 4. The number of hydrogen-bond donors (Lipinski definition) is 1. The molecular weight excluding hydrogens is 320 g/mol. The van der Waals surface area contributed by atoms with Crippen molar-refractivity contribution in [3.8, 4) is 5.75 Å². The molecule has 0 bridgehead atoms. The van der Waals surface area contributed by atoms with E-state index in [4.69, 9.17) is 4.74 Å². The molecule has 5 heteroatoms. The molecule has 2 nitrogen and oxygen atoms in total. The fraction of sp³-hybridized carbons (Fsp3) is 0.333. The third kappa shape index (κ3) is 4.66. The Balaban J connectivity index is 0.00000192. The zero-order valence-electron chi connectivity index (χ0n) is 12.7. The molecule has 1 atom stereocenters. The van der Waals surface area contributed by atoms with Crippen LogP contribution in [0.15, 0.2) is 48.5 Å². The number of benzene rings is 2. The van der Waals surface area contributed by atoms with Gasteiger partial charge in [-0.3, -0.25) is 0 Å². The van der Waals surface area contributed by atoms with E-state index in [0.717, 1.165) is 31.5 Å². The van der Waals surface area contributed by atoms with E-state index >= 15 is 0 Å². The Kier molecular flexibility index (Phi) is 6.37. The minimum Gasteiger partial charge on any atom is -0.485 e. The van der Waals surface area contributed by atoms with Crippen LogP contribution in [0.3, 0.4) is 0 Å². The third-order valence-electron chi connectivity index (χ3n) is 4.09. The van der Waals surface area contributed by atoms with Crippen molar-refractivity contribution in [1.82, 2.24) is 5.32 Å². The Morgan fingerprint density at radius 2 is 1.39 bits per heavy atom. The van der Waals surface area contributed by atoms with E-state index in [1.165, 1.54) is 24.3 Å².